The number of hydrogen-bond acceptors (Lipinski definition) is 0. The van der Waals surface area contributed by atoms with Crippen LogP contribution in [0.2, 0.25) is 0 Å². The normalized spacial score (nSPS) is 12.0. The minimum Gasteiger partial charge on any atom is -0.309 e. The third kappa shape index (κ3) is 4.61. The summed E-state index contributed by atoms with van der Waals surface area (Å²) in [6.45, 7) is 0. The lowest BCUT2D eigenvalue weighted by atomic mass is 9.99. The van der Waals surface area contributed by atoms with E-state index in [1.807, 2.05) is 0 Å². The molecule has 0 fully saturated rings. The summed E-state index contributed by atoms with van der Waals surface area (Å²) >= 11 is 0. The highest BCUT2D eigenvalue weighted by molar-refractivity contribution is 6.20. The number of rotatable bonds is 5. The number of imidazole rings is 1. The first-order valence-electron chi connectivity index (χ1n) is 20.6. The molecule has 0 unspecified atom stereocenters. The SMILES string of the molecule is c1ccc(-c2c3cc4c(cc3n3c5ccccc5n(-c5ccccc5)c23)c2cc(-c3cccc5c6ccccc6n(-c6ccccc6)c35)ccc2n4-c2ccccc2)cc1. The van der Waals surface area contributed by atoms with Crippen molar-refractivity contribution in [3.05, 3.63) is 218 Å². The van der Waals surface area contributed by atoms with Gasteiger partial charge >= 0.3 is 0 Å². The van der Waals surface area contributed by atoms with Crippen molar-refractivity contribution in [1.82, 2.24) is 18.1 Å². The molecule has 0 spiro atoms. The Bertz CT molecular complexity index is 3790. The van der Waals surface area contributed by atoms with Gasteiger partial charge in [0.2, 0.25) is 0 Å². The lowest BCUT2D eigenvalue weighted by Gasteiger charge is -2.12. The monoisotopic (exact) mass is 764 g/mol. The van der Waals surface area contributed by atoms with E-state index in [4.69, 9.17) is 0 Å². The molecule has 4 nitrogen and oxygen atoms in total. The fourth-order valence-electron chi connectivity index (χ4n) is 10.0. The summed E-state index contributed by atoms with van der Waals surface area (Å²) in [7, 11) is 0. The van der Waals surface area contributed by atoms with Crippen LogP contribution in [0.5, 0.6) is 0 Å². The zero-order valence-electron chi connectivity index (χ0n) is 32.6. The molecule has 0 saturated heterocycles. The Morgan fingerprint density at radius 3 is 1.52 bits per heavy atom. The van der Waals surface area contributed by atoms with Crippen molar-refractivity contribution in [2.24, 2.45) is 0 Å². The van der Waals surface area contributed by atoms with Gasteiger partial charge in [0, 0.05) is 55.1 Å². The van der Waals surface area contributed by atoms with E-state index in [0.29, 0.717) is 0 Å². The predicted octanol–water partition coefficient (Wildman–Crippen LogP) is 14.6. The van der Waals surface area contributed by atoms with Crippen LogP contribution in [0.4, 0.5) is 0 Å². The van der Waals surface area contributed by atoms with Crippen LogP contribution in [0.3, 0.4) is 0 Å². The highest BCUT2D eigenvalue weighted by atomic mass is 15.1. The molecule has 4 aromatic heterocycles. The second-order valence-corrected chi connectivity index (χ2v) is 15.7. The van der Waals surface area contributed by atoms with Gasteiger partial charge in [-0.3, -0.25) is 8.97 Å². The molecule has 0 aliphatic carbocycles. The van der Waals surface area contributed by atoms with Crippen LogP contribution in [0.25, 0.3) is 111 Å². The maximum absolute atomic E-state index is 2.49. The summed E-state index contributed by atoms with van der Waals surface area (Å²) in [4.78, 5) is 0. The second-order valence-electron chi connectivity index (χ2n) is 15.7. The van der Waals surface area contributed by atoms with E-state index in [-0.39, 0.29) is 0 Å². The van der Waals surface area contributed by atoms with Gasteiger partial charge in [-0.15, -0.1) is 0 Å². The highest BCUT2D eigenvalue weighted by Gasteiger charge is 2.25. The Labute approximate surface area is 345 Å². The molecule has 13 rings (SSSR count). The number of benzene rings is 9. The summed E-state index contributed by atoms with van der Waals surface area (Å²) < 4.78 is 9.83. The van der Waals surface area contributed by atoms with E-state index < -0.39 is 0 Å². The Hall–Kier alpha value is -8.08. The standard InChI is InChI=1S/C56H36N4/c1-5-18-37(19-6-1)54-47-36-52-46(35-53(47)60-51-31-16-15-30-50(51)59(56(54)60)41-24-11-4-12-25-41)45-34-38(32-33-49(45)57(52)39-20-7-2-8-21-39)42-27-17-28-44-43-26-13-14-29-48(43)58(55(42)44)40-22-9-3-10-23-40/h1-36H. The van der Waals surface area contributed by atoms with Gasteiger partial charge in [-0.25, -0.2) is 0 Å². The number of hydrogen-bond donors (Lipinski definition) is 0. The minimum atomic E-state index is 1.14. The van der Waals surface area contributed by atoms with Gasteiger partial charge in [-0.2, -0.15) is 0 Å². The molecule has 0 saturated carbocycles. The van der Waals surface area contributed by atoms with Crippen LogP contribution >= 0.6 is 0 Å². The van der Waals surface area contributed by atoms with Gasteiger partial charge in [0.05, 0.1) is 38.6 Å². The Morgan fingerprint density at radius 1 is 0.267 bits per heavy atom. The third-order valence-electron chi connectivity index (χ3n) is 12.5. The summed E-state index contributed by atoms with van der Waals surface area (Å²) in [6.07, 6.45) is 0. The molecule has 0 bridgehead atoms. The average molecular weight is 765 g/mol. The van der Waals surface area contributed by atoms with Crippen LogP contribution in [-0.2, 0) is 0 Å². The molecule has 0 aliphatic rings. The van der Waals surface area contributed by atoms with E-state index in [9.17, 15) is 0 Å². The smallest absolute Gasteiger partial charge is 0.131 e. The predicted molar refractivity (Wildman–Crippen MR) is 251 cm³/mol. The average Bonchev–Trinajstić information content (AvgIpc) is 4.04. The molecular formula is C56H36N4. The van der Waals surface area contributed by atoms with Crippen LogP contribution in [0.1, 0.15) is 0 Å². The van der Waals surface area contributed by atoms with Gasteiger partial charge in [0.15, 0.2) is 0 Å². The zero-order chi connectivity index (χ0) is 39.3. The van der Waals surface area contributed by atoms with Crippen LogP contribution in [-0.4, -0.2) is 18.1 Å². The van der Waals surface area contributed by atoms with Crippen LogP contribution in [0.15, 0.2) is 218 Å². The molecular weight excluding hydrogens is 729 g/mol. The van der Waals surface area contributed by atoms with Crippen molar-refractivity contribution in [2.45, 2.75) is 0 Å². The maximum Gasteiger partial charge on any atom is 0.131 e. The molecule has 13 aromatic rings. The summed E-state index contributed by atoms with van der Waals surface area (Å²) in [5.74, 6) is 0. The molecule has 0 amide bonds. The molecule has 0 radical (unpaired) electrons. The van der Waals surface area contributed by atoms with Crippen molar-refractivity contribution in [1.29, 1.82) is 0 Å². The molecule has 0 aliphatic heterocycles. The number of fused-ring (bicyclic) bond motifs is 11. The lowest BCUT2D eigenvalue weighted by molar-refractivity contribution is 1.15. The van der Waals surface area contributed by atoms with Crippen molar-refractivity contribution in [2.75, 3.05) is 0 Å². The van der Waals surface area contributed by atoms with E-state index in [1.165, 1.54) is 87.8 Å². The summed E-state index contributed by atoms with van der Waals surface area (Å²) in [5.41, 5.74) is 17.7. The molecule has 280 valence electrons. The van der Waals surface area contributed by atoms with Crippen molar-refractivity contribution in [3.8, 4) is 39.3 Å². The third-order valence-corrected chi connectivity index (χ3v) is 12.5. The van der Waals surface area contributed by atoms with E-state index in [2.05, 4.69) is 236 Å². The number of nitrogens with zero attached hydrogens (tertiary/aromatic N) is 4. The van der Waals surface area contributed by atoms with Crippen LogP contribution in [0, 0.1) is 0 Å². The van der Waals surface area contributed by atoms with E-state index in [1.54, 1.807) is 0 Å². The molecule has 0 N–H and O–H groups in total. The minimum absolute atomic E-state index is 1.14. The zero-order valence-corrected chi connectivity index (χ0v) is 32.6. The first-order chi connectivity index (χ1) is 29.8. The van der Waals surface area contributed by atoms with Gasteiger partial charge < -0.3 is 9.13 Å². The molecule has 60 heavy (non-hydrogen) atoms. The Morgan fingerprint density at radius 2 is 0.800 bits per heavy atom. The second kappa shape index (κ2) is 12.7. The van der Waals surface area contributed by atoms with Gasteiger partial charge in [0.1, 0.15) is 5.65 Å². The molecule has 0 atom stereocenters. The van der Waals surface area contributed by atoms with Crippen molar-refractivity contribution >= 4 is 71.2 Å². The quantitative estimate of drug-likeness (QED) is 0.166. The fourth-order valence-corrected chi connectivity index (χ4v) is 10.0. The largest absolute Gasteiger partial charge is 0.309 e. The van der Waals surface area contributed by atoms with Crippen molar-refractivity contribution < 1.29 is 0 Å². The van der Waals surface area contributed by atoms with E-state index >= 15 is 0 Å². The summed E-state index contributed by atoms with van der Waals surface area (Å²) in [5, 5.41) is 6.16. The number of aromatic nitrogens is 4. The van der Waals surface area contributed by atoms with Gasteiger partial charge in [0.25, 0.3) is 0 Å². The lowest BCUT2D eigenvalue weighted by Crippen LogP contribution is -1.95. The Balaban J connectivity index is 1.18. The molecule has 9 aromatic carbocycles. The number of para-hydroxylation sites is 7. The summed E-state index contributed by atoms with van der Waals surface area (Å²) in [6, 6.07) is 79.6. The molecule has 4 heterocycles. The topological polar surface area (TPSA) is 19.2 Å². The van der Waals surface area contributed by atoms with Crippen molar-refractivity contribution in [3.63, 3.8) is 0 Å². The van der Waals surface area contributed by atoms with Crippen LogP contribution < -0.4 is 0 Å². The van der Waals surface area contributed by atoms with Gasteiger partial charge in [-0.05, 0) is 90.0 Å². The fraction of sp³-hybridized carbons (Fsp3) is 0. The maximum atomic E-state index is 2.49. The first-order valence-corrected chi connectivity index (χ1v) is 20.6. The first kappa shape index (κ1) is 32.9. The van der Waals surface area contributed by atoms with E-state index in [0.717, 1.165) is 22.7 Å². The Kier molecular flexibility index (Phi) is 6.98. The van der Waals surface area contributed by atoms with Gasteiger partial charge in [-0.1, -0.05) is 140 Å². The highest BCUT2D eigenvalue weighted by Crippen LogP contribution is 2.45. The molecule has 4 heteroatoms.